The molecule has 0 saturated heterocycles. The number of methoxy groups -OCH3 is 2. The second kappa shape index (κ2) is 8.91. The third-order valence-electron chi connectivity index (χ3n) is 5.27. The van der Waals surface area contributed by atoms with E-state index in [9.17, 15) is 0 Å². The summed E-state index contributed by atoms with van der Waals surface area (Å²) >= 11 is 0. The summed E-state index contributed by atoms with van der Waals surface area (Å²) in [5, 5.41) is 8.19. The molecular weight excluding hydrogens is 400 g/mol. The van der Waals surface area contributed by atoms with Gasteiger partial charge in [0.05, 0.1) is 26.1 Å². The highest BCUT2D eigenvalue weighted by atomic mass is 16.5. The van der Waals surface area contributed by atoms with Crippen molar-refractivity contribution < 1.29 is 9.47 Å². The van der Waals surface area contributed by atoms with E-state index in [4.69, 9.17) is 14.6 Å². The number of ether oxygens (including phenoxy) is 2. The van der Waals surface area contributed by atoms with Crippen molar-refractivity contribution in [2.45, 2.75) is 33.7 Å². The lowest BCUT2D eigenvalue weighted by Gasteiger charge is -2.18. The maximum absolute atomic E-state index is 5.45. The molecule has 4 rings (SSSR count). The molecule has 0 aliphatic rings. The van der Waals surface area contributed by atoms with Crippen LogP contribution in [-0.2, 0) is 13.0 Å². The van der Waals surface area contributed by atoms with Crippen molar-refractivity contribution in [3.8, 4) is 22.8 Å². The Morgan fingerprint density at radius 1 is 0.875 bits per heavy atom. The molecule has 4 aromatic rings. The lowest BCUT2D eigenvalue weighted by atomic mass is 9.88. The van der Waals surface area contributed by atoms with Gasteiger partial charge in [-0.2, -0.15) is 0 Å². The van der Waals surface area contributed by atoms with Crippen LogP contribution in [0.5, 0.6) is 11.5 Å². The molecule has 0 saturated carbocycles. The Labute approximate surface area is 189 Å². The van der Waals surface area contributed by atoms with Crippen LogP contribution in [0, 0.1) is 5.41 Å². The number of anilines is 1. The summed E-state index contributed by atoms with van der Waals surface area (Å²) in [5.41, 5.74) is 5.49. The minimum atomic E-state index is 0.287. The number of hydrogen-bond acceptors (Lipinski definition) is 5. The molecule has 0 aliphatic heterocycles. The maximum atomic E-state index is 5.45. The smallest absolute Gasteiger partial charge is 0.161 e. The van der Waals surface area contributed by atoms with Crippen molar-refractivity contribution in [2.24, 2.45) is 5.41 Å². The van der Waals surface area contributed by atoms with Crippen LogP contribution in [0.15, 0.2) is 60.8 Å². The van der Waals surface area contributed by atoms with Gasteiger partial charge in [0, 0.05) is 12.1 Å². The van der Waals surface area contributed by atoms with Crippen molar-refractivity contribution >= 4 is 11.5 Å². The predicted octanol–water partition coefficient (Wildman–Crippen LogP) is 5.61. The Morgan fingerprint density at radius 2 is 1.59 bits per heavy atom. The van der Waals surface area contributed by atoms with Gasteiger partial charge in [-0.15, -0.1) is 5.10 Å². The molecule has 6 heteroatoms. The first-order chi connectivity index (χ1) is 15.4. The van der Waals surface area contributed by atoms with E-state index >= 15 is 0 Å². The fourth-order valence-electron chi connectivity index (χ4n) is 3.74. The topological polar surface area (TPSA) is 60.7 Å². The van der Waals surface area contributed by atoms with Gasteiger partial charge in [-0.25, -0.2) is 9.50 Å². The lowest BCUT2D eigenvalue weighted by molar-refractivity contribution is 0.355. The predicted molar refractivity (Wildman–Crippen MR) is 128 cm³/mol. The molecule has 2 heterocycles. The number of rotatable bonds is 7. The SMILES string of the molecule is COc1ccc(-c2cnc3ccc(NCc4ccc(CC(C)(C)C)cc4)nn23)cc1OC. The zero-order chi connectivity index (χ0) is 22.7. The molecule has 1 N–H and O–H groups in total. The van der Waals surface area contributed by atoms with Crippen LogP contribution in [0.1, 0.15) is 31.9 Å². The van der Waals surface area contributed by atoms with Crippen molar-refractivity contribution in [1.82, 2.24) is 14.6 Å². The van der Waals surface area contributed by atoms with Crippen LogP contribution in [0.3, 0.4) is 0 Å². The number of aromatic nitrogens is 3. The number of nitrogens with zero attached hydrogens (tertiary/aromatic N) is 3. The van der Waals surface area contributed by atoms with Crippen LogP contribution in [0.4, 0.5) is 5.82 Å². The van der Waals surface area contributed by atoms with Gasteiger partial charge < -0.3 is 14.8 Å². The van der Waals surface area contributed by atoms with Crippen molar-refractivity contribution in [2.75, 3.05) is 19.5 Å². The first kappa shape index (κ1) is 21.7. The van der Waals surface area contributed by atoms with Gasteiger partial charge in [-0.1, -0.05) is 45.0 Å². The van der Waals surface area contributed by atoms with E-state index in [0.29, 0.717) is 18.0 Å². The van der Waals surface area contributed by atoms with Gasteiger partial charge in [0.2, 0.25) is 0 Å². The number of hydrogen-bond donors (Lipinski definition) is 1. The van der Waals surface area contributed by atoms with Gasteiger partial charge >= 0.3 is 0 Å². The summed E-state index contributed by atoms with van der Waals surface area (Å²) in [7, 11) is 3.26. The van der Waals surface area contributed by atoms with Gasteiger partial charge in [0.15, 0.2) is 17.1 Å². The monoisotopic (exact) mass is 430 g/mol. The second-order valence-electron chi connectivity index (χ2n) is 9.11. The molecule has 166 valence electrons. The van der Waals surface area contributed by atoms with E-state index in [-0.39, 0.29) is 5.41 Å². The van der Waals surface area contributed by atoms with E-state index in [1.807, 2.05) is 41.0 Å². The van der Waals surface area contributed by atoms with Gasteiger partial charge in [-0.3, -0.25) is 0 Å². The molecule has 0 bridgehead atoms. The summed E-state index contributed by atoms with van der Waals surface area (Å²) in [4.78, 5) is 4.49. The first-order valence-corrected chi connectivity index (χ1v) is 10.8. The van der Waals surface area contributed by atoms with E-state index in [1.54, 1.807) is 14.2 Å². The van der Waals surface area contributed by atoms with Gasteiger partial charge in [0.1, 0.15) is 5.82 Å². The van der Waals surface area contributed by atoms with Crippen molar-refractivity contribution in [3.63, 3.8) is 0 Å². The fourth-order valence-corrected chi connectivity index (χ4v) is 3.74. The van der Waals surface area contributed by atoms with Crippen LogP contribution >= 0.6 is 0 Å². The zero-order valence-corrected chi connectivity index (χ0v) is 19.3. The zero-order valence-electron chi connectivity index (χ0n) is 19.3. The average molecular weight is 431 g/mol. The Bertz CT molecular complexity index is 1210. The summed E-state index contributed by atoms with van der Waals surface area (Å²) < 4.78 is 12.6. The van der Waals surface area contributed by atoms with Crippen LogP contribution < -0.4 is 14.8 Å². The largest absolute Gasteiger partial charge is 0.493 e. The normalized spacial score (nSPS) is 11.5. The Hall–Kier alpha value is -3.54. The molecule has 2 aromatic heterocycles. The molecule has 0 spiro atoms. The number of benzene rings is 2. The molecule has 32 heavy (non-hydrogen) atoms. The summed E-state index contributed by atoms with van der Waals surface area (Å²) in [5.74, 6) is 2.15. The third kappa shape index (κ3) is 4.85. The summed E-state index contributed by atoms with van der Waals surface area (Å²) in [6, 6.07) is 18.5. The maximum Gasteiger partial charge on any atom is 0.161 e. The fraction of sp³-hybridized carbons (Fsp3) is 0.308. The summed E-state index contributed by atoms with van der Waals surface area (Å²) in [6.45, 7) is 7.48. The Balaban J connectivity index is 1.53. The van der Waals surface area contributed by atoms with Gasteiger partial charge in [-0.05, 0) is 53.3 Å². The van der Waals surface area contributed by atoms with E-state index < -0.39 is 0 Å². The molecule has 6 nitrogen and oxygen atoms in total. The van der Waals surface area contributed by atoms with Crippen LogP contribution in [-0.4, -0.2) is 28.8 Å². The number of fused-ring (bicyclic) bond motifs is 1. The van der Waals surface area contributed by atoms with Crippen molar-refractivity contribution in [1.29, 1.82) is 0 Å². The van der Waals surface area contributed by atoms with Crippen molar-refractivity contribution in [3.05, 3.63) is 71.9 Å². The molecule has 2 aromatic carbocycles. The highest BCUT2D eigenvalue weighted by molar-refractivity contribution is 5.67. The van der Waals surface area contributed by atoms with E-state index in [0.717, 1.165) is 29.1 Å². The van der Waals surface area contributed by atoms with Crippen LogP contribution in [0.25, 0.3) is 16.9 Å². The van der Waals surface area contributed by atoms with E-state index in [1.165, 1.54) is 11.1 Å². The van der Waals surface area contributed by atoms with E-state index in [2.05, 4.69) is 55.3 Å². The minimum Gasteiger partial charge on any atom is -0.493 e. The third-order valence-corrected chi connectivity index (χ3v) is 5.27. The molecule has 0 aliphatic carbocycles. The van der Waals surface area contributed by atoms with Gasteiger partial charge in [0.25, 0.3) is 0 Å². The molecule has 0 unspecified atom stereocenters. The molecule has 0 atom stereocenters. The Kier molecular flexibility index (Phi) is 6.04. The lowest BCUT2D eigenvalue weighted by Crippen LogP contribution is -2.09. The highest BCUT2D eigenvalue weighted by Gasteiger charge is 2.13. The molecule has 0 fully saturated rings. The minimum absolute atomic E-state index is 0.287. The highest BCUT2D eigenvalue weighted by Crippen LogP contribution is 2.32. The first-order valence-electron chi connectivity index (χ1n) is 10.8. The second-order valence-corrected chi connectivity index (χ2v) is 9.11. The average Bonchev–Trinajstić information content (AvgIpc) is 3.20. The standard InChI is InChI=1S/C26H30N4O2/c1-26(2,3)15-18-6-8-19(9-7-18)16-27-24-12-13-25-28-17-21(30(25)29-24)20-10-11-22(31-4)23(14-20)32-5/h6-14,17H,15-16H2,1-5H3,(H,27,29). The number of imidazole rings is 1. The molecular formula is C26H30N4O2. The quantitative estimate of drug-likeness (QED) is 0.413. The molecule has 0 amide bonds. The van der Waals surface area contributed by atoms with Crippen LogP contribution in [0.2, 0.25) is 0 Å². The molecule has 0 radical (unpaired) electrons. The summed E-state index contributed by atoms with van der Waals surface area (Å²) in [6.07, 6.45) is 2.89. The number of nitrogens with one attached hydrogen (secondary N) is 1. The Morgan fingerprint density at radius 3 is 2.28 bits per heavy atom.